The van der Waals surface area contributed by atoms with Gasteiger partial charge in [-0.3, -0.25) is 13.9 Å². The van der Waals surface area contributed by atoms with Crippen molar-refractivity contribution in [1.29, 1.82) is 5.26 Å². The third kappa shape index (κ3) is 5.04. The lowest BCUT2D eigenvalue weighted by molar-refractivity contribution is -0.125. The molecule has 1 aliphatic rings. The number of amides is 1. The van der Waals surface area contributed by atoms with Crippen LogP contribution in [0, 0.1) is 11.3 Å². The fraction of sp³-hybridized carbons (Fsp3) is 0.276. The minimum Gasteiger partial charge on any atom is -0.457 e. The number of benzene rings is 2. The fourth-order valence-electron chi connectivity index (χ4n) is 4.81. The van der Waals surface area contributed by atoms with Crippen LogP contribution in [-0.2, 0) is 4.79 Å². The van der Waals surface area contributed by atoms with Crippen molar-refractivity contribution in [3.8, 4) is 23.3 Å². The molecule has 0 spiro atoms. The highest BCUT2D eigenvalue weighted by molar-refractivity contribution is 5.97. The van der Waals surface area contributed by atoms with E-state index >= 15 is 0 Å². The summed E-state index contributed by atoms with van der Waals surface area (Å²) in [7, 11) is 1.77. The first kappa shape index (κ1) is 26.6. The fourth-order valence-corrected chi connectivity index (χ4v) is 4.81. The first-order valence-corrected chi connectivity index (χ1v) is 12.9. The number of likely N-dealkylation sites (N-methyl/N-ethyl adjacent to an activating group) is 1. The summed E-state index contributed by atoms with van der Waals surface area (Å²) < 4.78 is 8.94. The summed E-state index contributed by atoms with van der Waals surface area (Å²) >= 11 is 0. The van der Waals surface area contributed by atoms with E-state index < -0.39 is 5.54 Å². The van der Waals surface area contributed by atoms with Crippen molar-refractivity contribution in [3.63, 3.8) is 0 Å². The Morgan fingerprint density at radius 3 is 2.52 bits per heavy atom. The molecule has 1 amide bonds. The standard InChI is InChI=1S/C29H30N8O3/c1-29(2,32-3)15-19(16-30)27(38)35-14-13-21(17-35)37-26-24(25(31)33-18-34-26)36(28(37)39)20-9-11-23(12-10-20)40-22-7-5-4-6-8-22/h4-12,15,18,21,32H,13-14,17H2,1-3H3,(H2,31,33,34)/t21-/m0/s1. The second-order valence-electron chi connectivity index (χ2n) is 10.2. The zero-order chi connectivity index (χ0) is 28.4. The van der Waals surface area contributed by atoms with Crippen LogP contribution in [0.2, 0.25) is 0 Å². The number of fused-ring (bicyclic) bond motifs is 1. The molecule has 0 unspecified atom stereocenters. The van der Waals surface area contributed by atoms with Crippen LogP contribution < -0.4 is 21.5 Å². The summed E-state index contributed by atoms with van der Waals surface area (Å²) in [5.74, 6) is 1.11. The number of nitrogens with two attached hydrogens (primary N) is 1. The second kappa shape index (κ2) is 10.7. The number of para-hydroxylation sites is 1. The molecule has 0 aliphatic carbocycles. The summed E-state index contributed by atoms with van der Waals surface area (Å²) in [5.41, 5.74) is 6.78. The molecule has 5 rings (SSSR count). The van der Waals surface area contributed by atoms with Crippen molar-refractivity contribution in [2.45, 2.75) is 31.8 Å². The highest BCUT2D eigenvalue weighted by atomic mass is 16.5. The number of nitrogens with zero attached hydrogens (tertiary/aromatic N) is 6. The van der Waals surface area contributed by atoms with Crippen LogP contribution in [0.15, 0.2) is 77.4 Å². The van der Waals surface area contributed by atoms with Crippen LogP contribution in [0.25, 0.3) is 16.9 Å². The zero-order valence-corrected chi connectivity index (χ0v) is 22.5. The van der Waals surface area contributed by atoms with E-state index in [0.717, 1.165) is 0 Å². The molecule has 0 saturated carbocycles. The number of nitriles is 1. The van der Waals surface area contributed by atoms with Gasteiger partial charge >= 0.3 is 5.69 Å². The highest BCUT2D eigenvalue weighted by Gasteiger charge is 2.33. The number of ether oxygens (including phenoxy) is 1. The maximum Gasteiger partial charge on any atom is 0.335 e. The van der Waals surface area contributed by atoms with Crippen LogP contribution >= 0.6 is 0 Å². The lowest BCUT2D eigenvalue weighted by atomic mass is 10.0. The van der Waals surface area contributed by atoms with E-state index in [4.69, 9.17) is 10.5 Å². The molecule has 0 bridgehead atoms. The Bertz CT molecular complexity index is 1680. The number of hydrogen-bond donors (Lipinski definition) is 2. The quantitative estimate of drug-likeness (QED) is 0.270. The Morgan fingerprint density at radius 1 is 1.15 bits per heavy atom. The van der Waals surface area contributed by atoms with Crippen molar-refractivity contribution >= 4 is 22.9 Å². The Kier molecular flexibility index (Phi) is 7.11. The van der Waals surface area contributed by atoms with E-state index in [2.05, 4.69) is 15.3 Å². The number of carbonyl (C=O) groups is 1. The Hall–Kier alpha value is -4.95. The molecule has 3 N–H and O–H groups in total. The number of likely N-dealkylation sites (tertiary alicyclic amines) is 1. The van der Waals surface area contributed by atoms with Gasteiger partial charge in [-0.2, -0.15) is 5.26 Å². The highest BCUT2D eigenvalue weighted by Crippen LogP contribution is 2.29. The number of nitrogen functional groups attached to an aromatic ring is 1. The predicted molar refractivity (Wildman–Crippen MR) is 151 cm³/mol. The van der Waals surface area contributed by atoms with Gasteiger partial charge in [-0.15, -0.1) is 0 Å². The molecule has 204 valence electrons. The third-order valence-electron chi connectivity index (χ3n) is 7.07. The van der Waals surface area contributed by atoms with Gasteiger partial charge in [0.1, 0.15) is 35.0 Å². The first-order valence-electron chi connectivity index (χ1n) is 12.9. The number of aromatic nitrogens is 4. The van der Waals surface area contributed by atoms with Crippen molar-refractivity contribution in [1.82, 2.24) is 29.3 Å². The van der Waals surface area contributed by atoms with Gasteiger partial charge in [0.15, 0.2) is 11.5 Å². The van der Waals surface area contributed by atoms with E-state index in [0.29, 0.717) is 41.3 Å². The van der Waals surface area contributed by atoms with Crippen LogP contribution in [0.4, 0.5) is 5.82 Å². The van der Waals surface area contributed by atoms with Crippen molar-refractivity contribution < 1.29 is 9.53 Å². The molecule has 1 fully saturated rings. The van der Waals surface area contributed by atoms with E-state index in [1.54, 1.807) is 46.9 Å². The normalized spacial score (nSPS) is 15.8. The predicted octanol–water partition coefficient (Wildman–Crippen LogP) is 3.18. The van der Waals surface area contributed by atoms with Crippen LogP contribution in [0.3, 0.4) is 0 Å². The molecule has 11 nitrogen and oxygen atoms in total. The molecule has 40 heavy (non-hydrogen) atoms. The van der Waals surface area contributed by atoms with Gasteiger partial charge in [0, 0.05) is 18.6 Å². The summed E-state index contributed by atoms with van der Waals surface area (Å²) in [6, 6.07) is 18.2. The average Bonchev–Trinajstić information content (AvgIpc) is 3.55. The van der Waals surface area contributed by atoms with Gasteiger partial charge in [0.05, 0.1) is 11.7 Å². The molecule has 0 radical (unpaired) electrons. The summed E-state index contributed by atoms with van der Waals surface area (Å²) in [5, 5.41) is 12.7. The summed E-state index contributed by atoms with van der Waals surface area (Å²) in [6.07, 6.45) is 3.47. The average molecular weight is 539 g/mol. The van der Waals surface area contributed by atoms with Gasteiger partial charge in [-0.25, -0.2) is 14.8 Å². The molecule has 1 saturated heterocycles. The van der Waals surface area contributed by atoms with Crippen LogP contribution in [-0.4, -0.2) is 55.6 Å². The Balaban J connectivity index is 1.48. The molecule has 2 aromatic carbocycles. The van der Waals surface area contributed by atoms with Crippen LogP contribution in [0.1, 0.15) is 26.3 Å². The molecule has 3 heterocycles. The smallest absolute Gasteiger partial charge is 0.335 e. The van der Waals surface area contributed by atoms with Crippen molar-refractivity contribution in [2.75, 3.05) is 25.9 Å². The number of anilines is 1. The molecular formula is C29H30N8O3. The van der Waals surface area contributed by atoms with Gasteiger partial charge in [0.25, 0.3) is 5.91 Å². The maximum atomic E-state index is 13.9. The Morgan fingerprint density at radius 2 is 1.85 bits per heavy atom. The van der Waals surface area contributed by atoms with E-state index in [-0.39, 0.29) is 35.6 Å². The van der Waals surface area contributed by atoms with E-state index in [1.807, 2.05) is 50.2 Å². The van der Waals surface area contributed by atoms with Gasteiger partial charge < -0.3 is 20.7 Å². The van der Waals surface area contributed by atoms with E-state index in [9.17, 15) is 14.9 Å². The molecule has 1 aliphatic heterocycles. The maximum absolute atomic E-state index is 13.9. The monoisotopic (exact) mass is 538 g/mol. The van der Waals surface area contributed by atoms with Gasteiger partial charge in [0.2, 0.25) is 0 Å². The summed E-state index contributed by atoms with van der Waals surface area (Å²) in [4.78, 5) is 37.2. The number of hydrogen-bond acceptors (Lipinski definition) is 8. The first-order chi connectivity index (χ1) is 19.2. The third-order valence-corrected chi connectivity index (χ3v) is 7.07. The van der Waals surface area contributed by atoms with Crippen molar-refractivity contribution in [3.05, 3.63) is 83.1 Å². The van der Waals surface area contributed by atoms with Gasteiger partial charge in [-0.05, 0) is 69.8 Å². The largest absolute Gasteiger partial charge is 0.457 e. The van der Waals surface area contributed by atoms with Crippen LogP contribution in [0.5, 0.6) is 11.5 Å². The van der Waals surface area contributed by atoms with E-state index in [1.165, 1.54) is 10.9 Å². The lowest BCUT2D eigenvalue weighted by Gasteiger charge is -2.21. The Labute approximate surface area is 231 Å². The SMILES string of the molecule is CNC(C)(C)C=C(C#N)C(=O)N1CC[C@H](n2c(=O)n(-c3ccc(Oc4ccccc4)cc3)c3c(N)ncnc32)C1. The van der Waals surface area contributed by atoms with Gasteiger partial charge in [-0.1, -0.05) is 18.2 Å². The minimum absolute atomic E-state index is 0.0548. The summed E-state index contributed by atoms with van der Waals surface area (Å²) in [6.45, 7) is 4.41. The van der Waals surface area contributed by atoms with Crippen molar-refractivity contribution in [2.24, 2.45) is 0 Å². The topological polar surface area (TPSA) is 144 Å². The molecular weight excluding hydrogens is 508 g/mol. The zero-order valence-electron chi connectivity index (χ0n) is 22.5. The molecule has 11 heteroatoms. The molecule has 4 aromatic rings. The minimum atomic E-state index is -0.527. The molecule has 1 atom stereocenters. The molecule has 2 aromatic heterocycles. The number of imidazole rings is 1. The number of carbonyl (C=O) groups excluding carboxylic acids is 1. The lowest BCUT2D eigenvalue weighted by Crippen LogP contribution is -2.37. The number of rotatable bonds is 7. The second-order valence-corrected chi connectivity index (χ2v) is 10.2. The number of nitrogens with one attached hydrogen (secondary N) is 1.